The Morgan fingerprint density at radius 3 is 2.15 bits per heavy atom. The van der Waals surface area contributed by atoms with E-state index < -0.39 is 6.09 Å². The number of methoxy groups -OCH3 is 1. The number of ether oxygens (including phenoxy) is 2. The van der Waals surface area contributed by atoms with Crippen LogP contribution in [0.5, 0.6) is 5.75 Å². The van der Waals surface area contributed by atoms with Gasteiger partial charge in [0.05, 0.1) is 18.2 Å². The summed E-state index contributed by atoms with van der Waals surface area (Å²) in [5, 5.41) is 6.00. The third-order valence-electron chi connectivity index (χ3n) is 5.66. The second-order valence-corrected chi connectivity index (χ2v) is 7.89. The van der Waals surface area contributed by atoms with Gasteiger partial charge in [-0.25, -0.2) is 4.79 Å². The largest absolute Gasteiger partial charge is 0.496 e. The molecule has 0 aliphatic heterocycles. The number of rotatable bonds is 9. The van der Waals surface area contributed by atoms with Crippen molar-refractivity contribution in [3.05, 3.63) is 94.5 Å². The lowest BCUT2D eigenvalue weighted by atomic mass is 9.82. The molecule has 4 rings (SSSR count). The molecule has 0 unspecified atom stereocenters. The lowest BCUT2D eigenvalue weighted by Gasteiger charge is -2.22. The molecule has 1 aliphatic carbocycles. The number of fused-ring (bicyclic) bond motifs is 2. The summed E-state index contributed by atoms with van der Waals surface area (Å²) in [4.78, 5) is 38.1. The number of carbonyl (C=O) groups excluding carboxylic acids is 3. The van der Waals surface area contributed by atoms with E-state index in [1.165, 1.54) is 7.11 Å². The Morgan fingerprint density at radius 1 is 0.794 bits per heavy atom. The molecule has 0 heterocycles. The smallest absolute Gasteiger partial charge is 0.407 e. The van der Waals surface area contributed by atoms with Crippen LogP contribution in [0.3, 0.4) is 0 Å². The molecule has 3 aromatic rings. The number of unbranched alkanes of at least 4 members (excludes halogenated alkanes) is 1. The SMILES string of the molecule is COc1ccc(NCCCCNC(=O)OCc2ccccc2)c2c1C(=O)c1ccccc1C2=O. The molecular weight excluding hydrogens is 432 g/mol. The van der Waals surface area contributed by atoms with Crippen LogP contribution in [0.1, 0.15) is 50.2 Å². The molecule has 1 amide bonds. The Morgan fingerprint density at radius 2 is 1.44 bits per heavy atom. The number of hydrogen-bond acceptors (Lipinski definition) is 6. The molecule has 0 aromatic heterocycles. The molecule has 34 heavy (non-hydrogen) atoms. The molecule has 0 saturated carbocycles. The number of benzene rings is 3. The molecule has 0 saturated heterocycles. The van der Waals surface area contributed by atoms with Crippen LogP contribution in [-0.2, 0) is 11.3 Å². The first-order chi connectivity index (χ1) is 16.6. The molecule has 0 fully saturated rings. The van der Waals surface area contributed by atoms with Crippen LogP contribution in [-0.4, -0.2) is 37.9 Å². The van der Waals surface area contributed by atoms with E-state index in [0.29, 0.717) is 46.8 Å². The summed E-state index contributed by atoms with van der Waals surface area (Å²) in [5.41, 5.74) is 2.94. The van der Waals surface area contributed by atoms with E-state index in [4.69, 9.17) is 9.47 Å². The number of nitrogens with one attached hydrogen (secondary N) is 2. The van der Waals surface area contributed by atoms with E-state index in [0.717, 1.165) is 18.4 Å². The molecule has 0 spiro atoms. The topological polar surface area (TPSA) is 93.7 Å². The normalized spacial score (nSPS) is 11.9. The van der Waals surface area contributed by atoms with E-state index in [1.54, 1.807) is 36.4 Å². The number of anilines is 1. The zero-order valence-electron chi connectivity index (χ0n) is 18.9. The summed E-state index contributed by atoms with van der Waals surface area (Å²) in [6.45, 7) is 1.27. The van der Waals surface area contributed by atoms with Crippen LogP contribution in [0.25, 0.3) is 0 Å². The van der Waals surface area contributed by atoms with Crippen LogP contribution in [0, 0.1) is 0 Å². The molecule has 0 radical (unpaired) electrons. The van der Waals surface area contributed by atoms with Crippen molar-refractivity contribution in [2.24, 2.45) is 0 Å². The zero-order valence-corrected chi connectivity index (χ0v) is 18.9. The molecule has 1 aliphatic rings. The Bertz CT molecular complexity index is 1210. The van der Waals surface area contributed by atoms with Crippen molar-refractivity contribution in [3.8, 4) is 5.75 Å². The molecule has 2 N–H and O–H groups in total. The van der Waals surface area contributed by atoms with E-state index in [9.17, 15) is 14.4 Å². The third-order valence-corrected chi connectivity index (χ3v) is 5.66. The summed E-state index contributed by atoms with van der Waals surface area (Å²) < 4.78 is 10.6. The first-order valence-corrected chi connectivity index (χ1v) is 11.2. The predicted octanol–water partition coefficient (Wildman–Crippen LogP) is 4.59. The van der Waals surface area contributed by atoms with Crippen molar-refractivity contribution >= 4 is 23.3 Å². The maximum absolute atomic E-state index is 13.2. The number of carbonyl (C=O) groups is 3. The van der Waals surface area contributed by atoms with Gasteiger partial charge in [0.25, 0.3) is 0 Å². The van der Waals surface area contributed by atoms with Gasteiger partial charge in [-0.1, -0.05) is 54.6 Å². The van der Waals surface area contributed by atoms with Crippen molar-refractivity contribution in [2.45, 2.75) is 19.4 Å². The molecule has 7 nitrogen and oxygen atoms in total. The highest BCUT2D eigenvalue weighted by Crippen LogP contribution is 2.37. The third kappa shape index (κ3) is 4.93. The number of alkyl carbamates (subject to hydrolysis) is 1. The minimum absolute atomic E-state index is 0.200. The van der Waals surface area contributed by atoms with E-state index in [2.05, 4.69) is 10.6 Å². The van der Waals surface area contributed by atoms with E-state index in [-0.39, 0.29) is 18.2 Å². The van der Waals surface area contributed by atoms with Gasteiger partial charge in [0.2, 0.25) is 0 Å². The molecular formula is C27H26N2O5. The van der Waals surface area contributed by atoms with Crippen molar-refractivity contribution in [1.29, 1.82) is 0 Å². The minimum Gasteiger partial charge on any atom is -0.496 e. The van der Waals surface area contributed by atoms with Gasteiger partial charge in [0.15, 0.2) is 11.6 Å². The van der Waals surface area contributed by atoms with Crippen LogP contribution in [0.2, 0.25) is 0 Å². The highest BCUT2D eigenvalue weighted by Gasteiger charge is 2.34. The maximum atomic E-state index is 13.2. The Labute approximate surface area is 198 Å². The lowest BCUT2D eigenvalue weighted by Crippen LogP contribution is -2.25. The zero-order chi connectivity index (χ0) is 23.9. The Kier molecular flexibility index (Phi) is 7.22. The van der Waals surface area contributed by atoms with Crippen LogP contribution in [0.4, 0.5) is 10.5 Å². The summed E-state index contributed by atoms with van der Waals surface area (Å²) in [5.74, 6) is -0.0371. The van der Waals surface area contributed by atoms with Crippen LogP contribution in [0.15, 0.2) is 66.7 Å². The van der Waals surface area contributed by atoms with Gasteiger partial charge in [-0.2, -0.15) is 0 Å². The fourth-order valence-electron chi connectivity index (χ4n) is 3.95. The summed E-state index contributed by atoms with van der Waals surface area (Å²) in [6, 6.07) is 19.8. The lowest BCUT2D eigenvalue weighted by molar-refractivity contribution is 0.0977. The van der Waals surface area contributed by atoms with Crippen molar-refractivity contribution in [3.63, 3.8) is 0 Å². The Hall–Kier alpha value is -4.13. The quantitative estimate of drug-likeness (QED) is 0.357. The van der Waals surface area contributed by atoms with Crippen LogP contribution >= 0.6 is 0 Å². The second-order valence-electron chi connectivity index (χ2n) is 7.89. The fraction of sp³-hybridized carbons (Fsp3) is 0.222. The van der Waals surface area contributed by atoms with Crippen molar-refractivity contribution in [1.82, 2.24) is 5.32 Å². The average Bonchev–Trinajstić information content (AvgIpc) is 2.88. The highest BCUT2D eigenvalue weighted by atomic mass is 16.5. The maximum Gasteiger partial charge on any atom is 0.407 e. The average molecular weight is 459 g/mol. The van der Waals surface area contributed by atoms with Gasteiger partial charge < -0.3 is 20.1 Å². The van der Waals surface area contributed by atoms with Crippen molar-refractivity contribution < 1.29 is 23.9 Å². The first-order valence-electron chi connectivity index (χ1n) is 11.2. The number of ketones is 2. The van der Waals surface area contributed by atoms with Gasteiger partial charge in [0.1, 0.15) is 12.4 Å². The predicted molar refractivity (Wildman–Crippen MR) is 129 cm³/mol. The van der Waals surface area contributed by atoms with Gasteiger partial charge in [-0.15, -0.1) is 0 Å². The molecule has 0 atom stereocenters. The number of amides is 1. The van der Waals surface area contributed by atoms with Gasteiger partial charge in [0, 0.05) is 29.9 Å². The minimum atomic E-state index is -0.455. The van der Waals surface area contributed by atoms with E-state index >= 15 is 0 Å². The molecule has 174 valence electrons. The van der Waals surface area contributed by atoms with Crippen LogP contribution < -0.4 is 15.4 Å². The molecule has 7 heteroatoms. The van der Waals surface area contributed by atoms with Gasteiger partial charge in [-0.05, 0) is 30.5 Å². The standard InChI is InChI=1S/C27H26N2O5/c1-33-22-14-13-21(23-24(22)26(31)20-12-6-5-11-19(20)25(23)30)28-15-7-8-16-29-27(32)34-17-18-9-3-2-4-10-18/h2-6,9-14,28H,7-8,15-17H2,1H3,(H,29,32). The number of hydrogen-bond donors (Lipinski definition) is 2. The summed E-state index contributed by atoms with van der Waals surface area (Å²) >= 11 is 0. The monoisotopic (exact) mass is 458 g/mol. The first kappa shape index (κ1) is 23.0. The van der Waals surface area contributed by atoms with Crippen molar-refractivity contribution in [2.75, 3.05) is 25.5 Å². The summed E-state index contributed by atoms with van der Waals surface area (Å²) in [6.07, 6.45) is 1.02. The van der Waals surface area contributed by atoms with Gasteiger partial charge in [-0.3, -0.25) is 9.59 Å². The second kappa shape index (κ2) is 10.7. The fourth-order valence-corrected chi connectivity index (χ4v) is 3.95. The summed E-state index contributed by atoms with van der Waals surface area (Å²) in [7, 11) is 1.48. The van der Waals surface area contributed by atoms with E-state index in [1.807, 2.05) is 30.3 Å². The highest BCUT2D eigenvalue weighted by molar-refractivity contribution is 6.31. The molecule has 0 bridgehead atoms. The Balaban J connectivity index is 1.31. The molecule has 3 aromatic carbocycles. The van der Waals surface area contributed by atoms with Gasteiger partial charge >= 0.3 is 6.09 Å².